The molecule has 4 heteroatoms. The van der Waals surface area contributed by atoms with Crippen molar-refractivity contribution in [3.63, 3.8) is 0 Å². The Hall–Kier alpha value is -3.11. The van der Waals surface area contributed by atoms with Crippen molar-refractivity contribution in [3.05, 3.63) is 89.6 Å². The predicted molar refractivity (Wildman–Crippen MR) is 131 cm³/mol. The molecule has 0 radical (unpaired) electrons. The highest BCUT2D eigenvalue weighted by Crippen LogP contribution is 2.35. The molecule has 32 heavy (non-hydrogen) atoms. The number of pyridine rings is 1. The third kappa shape index (κ3) is 5.57. The van der Waals surface area contributed by atoms with E-state index in [0.717, 1.165) is 29.7 Å². The van der Waals surface area contributed by atoms with E-state index in [-0.39, 0.29) is 5.75 Å². The zero-order valence-corrected chi connectivity index (χ0v) is 18.8. The molecule has 3 aromatic rings. The summed E-state index contributed by atoms with van der Waals surface area (Å²) in [5.41, 5.74) is 5.67. The smallest absolute Gasteiger partial charge is 0.213 e. The van der Waals surface area contributed by atoms with E-state index in [1.807, 2.05) is 30.5 Å². The number of aromatic nitrogens is 1. The Bertz CT molecular complexity index is 1010. The van der Waals surface area contributed by atoms with Crippen molar-refractivity contribution in [3.8, 4) is 11.6 Å². The lowest BCUT2D eigenvalue weighted by Crippen LogP contribution is -2.33. The third-order valence-corrected chi connectivity index (χ3v) is 6.06. The van der Waals surface area contributed by atoms with Gasteiger partial charge in [0.2, 0.25) is 5.88 Å². The number of likely N-dealkylation sites (tertiary alicyclic amines) is 1. The van der Waals surface area contributed by atoms with Gasteiger partial charge in [-0.1, -0.05) is 55.8 Å². The Kier molecular flexibility index (Phi) is 7.57. The van der Waals surface area contributed by atoms with E-state index >= 15 is 0 Å². The zero-order chi connectivity index (χ0) is 22.2. The Labute approximate surface area is 191 Å². The number of nitrogens with zero attached hydrogens (tertiary/aromatic N) is 2. The van der Waals surface area contributed by atoms with Gasteiger partial charge in [0.05, 0.1) is 0 Å². The standard InChI is InChI=1S/C28H32N2O2/c1-2-26(22-9-5-3-6-10-22)28(23-11-14-25(31)15-12-23)24-13-16-27(29-21-24)32-20-19-30-17-7-4-8-18-30/h3,5-6,9-16,21,31H,2,4,7-8,17-20H2,1H3. The van der Waals surface area contributed by atoms with E-state index in [4.69, 9.17) is 4.74 Å². The molecule has 4 nitrogen and oxygen atoms in total. The number of allylic oxidation sites excluding steroid dienone is 1. The number of phenols is 1. The lowest BCUT2D eigenvalue weighted by Gasteiger charge is -2.26. The number of piperidine rings is 1. The molecular formula is C28H32N2O2. The highest BCUT2D eigenvalue weighted by Gasteiger charge is 2.14. The van der Waals surface area contributed by atoms with Gasteiger partial charge < -0.3 is 9.84 Å². The van der Waals surface area contributed by atoms with Crippen LogP contribution in [0.1, 0.15) is 49.3 Å². The molecule has 2 aromatic carbocycles. The average molecular weight is 429 g/mol. The van der Waals surface area contributed by atoms with Crippen molar-refractivity contribution in [2.24, 2.45) is 0 Å². The SMILES string of the molecule is CCC(=C(c1ccc(O)cc1)c1ccc(OCCN2CCCCC2)nc1)c1ccccc1. The van der Waals surface area contributed by atoms with Crippen LogP contribution >= 0.6 is 0 Å². The third-order valence-electron chi connectivity index (χ3n) is 6.06. The summed E-state index contributed by atoms with van der Waals surface area (Å²) in [5.74, 6) is 0.926. The van der Waals surface area contributed by atoms with Gasteiger partial charge >= 0.3 is 0 Å². The number of aromatic hydroxyl groups is 1. The van der Waals surface area contributed by atoms with Crippen LogP contribution in [0.5, 0.6) is 11.6 Å². The van der Waals surface area contributed by atoms with Gasteiger partial charge in [-0.3, -0.25) is 4.90 Å². The monoisotopic (exact) mass is 428 g/mol. The minimum Gasteiger partial charge on any atom is -0.508 e. The van der Waals surface area contributed by atoms with Gasteiger partial charge in [-0.2, -0.15) is 0 Å². The molecule has 0 saturated carbocycles. The van der Waals surface area contributed by atoms with E-state index < -0.39 is 0 Å². The summed E-state index contributed by atoms with van der Waals surface area (Å²) in [7, 11) is 0. The highest BCUT2D eigenvalue weighted by molar-refractivity contribution is 5.98. The zero-order valence-electron chi connectivity index (χ0n) is 18.8. The van der Waals surface area contributed by atoms with E-state index in [1.165, 1.54) is 43.5 Å². The molecule has 166 valence electrons. The Morgan fingerprint density at radius 3 is 2.25 bits per heavy atom. The van der Waals surface area contributed by atoms with Gasteiger partial charge in [-0.05, 0) is 72.8 Å². The van der Waals surface area contributed by atoms with Gasteiger partial charge in [-0.25, -0.2) is 4.98 Å². The molecule has 0 unspecified atom stereocenters. The second kappa shape index (κ2) is 11.0. The number of benzene rings is 2. The maximum atomic E-state index is 9.79. The van der Waals surface area contributed by atoms with Crippen molar-refractivity contribution in [2.45, 2.75) is 32.6 Å². The summed E-state index contributed by atoms with van der Waals surface area (Å²) in [6.07, 6.45) is 6.71. The predicted octanol–water partition coefficient (Wildman–Crippen LogP) is 6.02. The van der Waals surface area contributed by atoms with E-state index in [9.17, 15) is 5.11 Å². The molecule has 1 aliphatic rings. The molecule has 4 rings (SSSR count). The number of phenolic OH excluding ortho intramolecular Hbond substituents is 1. The summed E-state index contributed by atoms with van der Waals surface area (Å²) in [6.45, 7) is 6.15. The van der Waals surface area contributed by atoms with Crippen molar-refractivity contribution >= 4 is 11.1 Å². The molecule has 0 spiro atoms. The summed E-state index contributed by atoms with van der Waals surface area (Å²) >= 11 is 0. The highest BCUT2D eigenvalue weighted by atomic mass is 16.5. The number of ether oxygens (including phenoxy) is 1. The lowest BCUT2D eigenvalue weighted by molar-refractivity contribution is 0.180. The lowest BCUT2D eigenvalue weighted by atomic mass is 9.89. The van der Waals surface area contributed by atoms with Crippen molar-refractivity contribution in [1.29, 1.82) is 0 Å². The fraction of sp³-hybridized carbons (Fsp3) is 0.321. The molecule has 0 aliphatic carbocycles. The first-order valence-electron chi connectivity index (χ1n) is 11.6. The second-order valence-electron chi connectivity index (χ2n) is 8.26. The molecule has 0 amide bonds. The summed E-state index contributed by atoms with van der Waals surface area (Å²) in [4.78, 5) is 7.08. The average Bonchev–Trinajstić information content (AvgIpc) is 2.85. The van der Waals surface area contributed by atoms with Crippen molar-refractivity contribution in [1.82, 2.24) is 9.88 Å². The molecular weight excluding hydrogens is 396 g/mol. The van der Waals surface area contributed by atoms with Gasteiger partial charge in [-0.15, -0.1) is 0 Å². The maximum absolute atomic E-state index is 9.79. The first-order chi connectivity index (χ1) is 15.7. The first kappa shape index (κ1) is 22.1. The quantitative estimate of drug-likeness (QED) is 0.446. The van der Waals surface area contributed by atoms with Crippen LogP contribution in [0.2, 0.25) is 0 Å². The van der Waals surface area contributed by atoms with Crippen LogP contribution in [0.15, 0.2) is 72.9 Å². The number of hydrogen-bond acceptors (Lipinski definition) is 4. The minimum atomic E-state index is 0.265. The normalized spacial score (nSPS) is 15.3. The number of rotatable bonds is 8. The van der Waals surface area contributed by atoms with Gasteiger partial charge in [0.1, 0.15) is 12.4 Å². The second-order valence-corrected chi connectivity index (χ2v) is 8.26. The molecule has 2 heterocycles. The molecule has 1 saturated heterocycles. The summed E-state index contributed by atoms with van der Waals surface area (Å²) in [5, 5.41) is 9.79. The minimum absolute atomic E-state index is 0.265. The van der Waals surface area contributed by atoms with Crippen LogP contribution in [0, 0.1) is 0 Å². The maximum Gasteiger partial charge on any atom is 0.213 e. The van der Waals surface area contributed by atoms with Crippen LogP contribution < -0.4 is 4.74 Å². The number of hydrogen-bond donors (Lipinski definition) is 1. The Balaban J connectivity index is 1.58. The van der Waals surface area contributed by atoms with Gasteiger partial charge in [0.15, 0.2) is 0 Å². The largest absolute Gasteiger partial charge is 0.508 e. The molecule has 1 aromatic heterocycles. The van der Waals surface area contributed by atoms with Crippen LogP contribution in [0.4, 0.5) is 0 Å². The van der Waals surface area contributed by atoms with E-state index in [2.05, 4.69) is 47.1 Å². The van der Waals surface area contributed by atoms with Gasteiger partial charge in [0.25, 0.3) is 0 Å². The molecule has 0 atom stereocenters. The molecule has 1 fully saturated rings. The fourth-order valence-electron chi connectivity index (χ4n) is 4.38. The summed E-state index contributed by atoms with van der Waals surface area (Å²) < 4.78 is 5.93. The Morgan fingerprint density at radius 1 is 0.875 bits per heavy atom. The van der Waals surface area contributed by atoms with Crippen molar-refractivity contribution in [2.75, 3.05) is 26.2 Å². The topological polar surface area (TPSA) is 45.6 Å². The van der Waals surface area contributed by atoms with E-state index in [0.29, 0.717) is 12.5 Å². The van der Waals surface area contributed by atoms with E-state index in [1.54, 1.807) is 12.1 Å². The molecule has 1 aliphatic heterocycles. The summed E-state index contributed by atoms with van der Waals surface area (Å²) in [6, 6.07) is 21.9. The van der Waals surface area contributed by atoms with Crippen LogP contribution in [-0.2, 0) is 0 Å². The fourth-order valence-corrected chi connectivity index (χ4v) is 4.38. The first-order valence-corrected chi connectivity index (χ1v) is 11.6. The Morgan fingerprint density at radius 2 is 1.59 bits per heavy atom. The van der Waals surface area contributed by atoms with Gasteiger partial charge in [0, 0.05) is 24.4 Å². The van der Waals surface area contributed by atoms with Crippen LogP contribution in [0.25, 0.3) is 11.1 Å². The molecule has 1 N–H and O–H groups in total. The van der Waals surface area contributed by atoms with Crippen molar-refractivity contribution < 1.29 is 9.84 Å². The molecule has 0 bridgehead atoms. The van der Waals surface area contributed by atoms with Crippen LogP contribution in [0.3, 0.4) is 0 Å². The van der Waals surface area contributed by atoms with Crippen LogP contribution in [-0.4, -0.2) is 41.2 Å².